The van der Waals surface area contributed by atoms with Crippen molar-refractivity contribution in [2.45, 2.75) is 52.4 Å². The normalized spacial score (nSPS) is 12.4. The zero-order valence-corrected chi connectivity index (χ0v) is 24.5. The molecule has 4 aromatic rings. The SMILES string of the molecule is CC(C)(C)c1ccc(O)c(C=Nc2cc3ccccc3cc2N=Cc2cc(C(C)(C)C)ccc2O)c1.[Pt]. The minimum atomic E-state index is -0.0434. The average molecular weight is 674 g/mol. The summed E-state index contributed by atoms with van der Waals surface area (Å²) in [5.41, 5.74) is 4.81. The van der Waals surface area contributed by atoms with Crippen molar-refractivity contribution >= 4 is 34.6 Å². The first-order valence-corrected chi connectivity index (χ1v) is 12.2. The van der Waals surface area contributed by atoms with Crippen molar-refractivity contribution in [3.63, 3.8) is 0 Å². The fourth-order valence-corrected chi connectivity index (χ4v) is 3.95. The molecule has 4 nitrogen and oxygen atoms in total. The van der Waals surface area contributed by atoms with Crippen LogP contribution < -0.4 is 0 Å². The third-order valence-electron chi connectivity index (χ3n) is 6.32. The summed E-state index contributed by atoms with van der Waals surface area (Å²) in [5.74, 6) is 0.364. The third-order valence-corrected chi connectivity index (χ3v) is 6.32. The van der Waals surface area contributed by atoms with Gasteiger partial charge in [-0.15, -0.1) is 0 Å². The Morgan fingerprint density at radius 2 is 0.946 bits per heavy atom. The minimum absolute atomic E-state index is 0. The third kappa shape index (κ3) is 6.75. The summed E-state index contributed by atoms with van der Waals surface area (Å²) in [4.78, 5) is 9.48. The molecular formula is C32H34N2O2Pt. The molecule has 4 aromatic carbocycles. The van der Waals surface area contributed by atoms with Crippen LogP contribution in [0.4, 0.5) is 11.4 Å². The van der Waals surface area contributed by atoms with E-state index in [9.17, 15) is 10.2 Å². The van der Waals surface area contributed by atoms with E-state index in [0.29, 0.717) is 22.5 Å². The predicted molar refractivity (Wildman–Crippen MR) is 152 cm³/mol. The van der Waals surface area contributed by atoms with Crippen molar-refractivity contribution < 1.29 is 31.3 Å². The first-order valence-electron chi connectivity index (χ1n) is 12.2. The molecular weight excluding hydrogens is 639 g/mol. The van der Waals surface area contributed by atoms with Gasteiger partial charge in [-0.3, -0.25) is 9.98 Å². The van der Waals surface area contributed by atoms with Gasteiger partial charge in [0.25, 0.3) is 0 Å². The van der Waals surface area contributed by atoms with E-state index in [1.807, 2.05) is 60.7 Å². The Labute approximate surface area is 234 Å². The second kappa shape index (κ2) is 11.0. The van der Waals surface area contributed by atoms with Gasteiger partial charge in [0.05, 0.1) is 11.4 Å². The molecule has 194 valence electrons. The fraction of sp³-hybridized carbons (Fsp3) is 0.250. The van der Waals surface area contributed by atoms with Gasteiger partial charge in [0.2, 0.25) is 0 Å². The number of phenols is 2. The molecule has 0 atom stereocenters. The summed E-state index contributed by atoms with van der Waals surface area (Å²) in [6.45, 7) is 12.8. The average Bonchev–Trinajstić information content (AvgIpc) is 2.81. The number of aliphatic imine (C=N–C) groups is 2. The first-order chi connectivity index (χ1) is 16.9. The molecule has 4 rings (SSSR count). The molecule has 0 spiro atoms. The number of fused-ring (bicyclic) bond motifs is 1. The van der Waals surface area contributed by atoms with Gasteiger partial charge in [-0.2, -0.15) is 0 Å². The van der Waals surface area contributed by atoms with E-state index in [1.54, 1.807) is 24.6 Å². The topological polar surface area (TPSA) is 65.2 Å². The quantitative estimate of drug-likeness (QED) is 0.214. The van der Waals surface area contributed by atoms with E-state index >= 15 is 0 Å². The van der Waals surface area contributed by atoms with Crippen LogP contribution in [0.15, 0.2) is 82.8 Å². The van der Waals surface area contributed by atoms with Crippen LogP contribution in [0.25, 0.3) is 10.8 Å². The van der Waals surface area contributed by atoms with E-state index in [4.69, 9.17) is 9.98 Å². The van der Waals surface area contributed by atoms with Crippen LogP contribution in [-0.4, -0.2) is 22.6 Å². The van der Waals surface area contributed by atoms with Crippen LogP contribution in [-0.2, 0) is 31.9 Å². The maximum atomic E-state index is 10.4. The van der Waals surface area contributed by atoms with Gasteiger partial charge < -0.3 is 10.2 Å². The van der Waals surface area contributed by atoms with E-state index in [-0.39, 0.29) is 43.4 Å². The Hall–Kier alpha value is -3.23. The number of phenolic OH excluding ortho intramolecular Hbond substituents is 2. The Balaban J connectivity index is 0.00000380. The number of rotatable bonds is 4. The van der Waals surface area contributed by atoms with Gasteiger partial charge in [0, 0.05) is 44.6 Å². The van der Waals surface area contributed by atoms with Crippen molar-refractivity contribution in [2.75, 3.05) is 0 Å². The van der Waals surface area contributed by atoms with Crippen LogP contribution in [0.5, 0.6) is 11.5 Å². The first kappa shape index (κ1) is 28.3. The van der Waals surface area contributed by atoms with Gasteiger partial charge in [0.15, 0.2) is 0 Å². The molecule has 0 aliphatic carbocycles. The molecule has 0 heterocycles. The standard InChI is InChI=1S/C32H34N2O2.Pt/c1-31(2,3)25-11-13-29(35)23(15-25)19-33-27-17-21-9-7-8-10-22(21)18-28(27)34-20-24-16-26(32(4,5)6)12-14-30(24)36;/h7-20,35-36H,1-6H3;. The minimum Gasteiger partial charge on any atom is -0.507 e. The molecule has 0 aromatic heterocycles. The van der Waals surface area contributed by atoms with E-state index in [0.717, 1.165) is 21.9 Å². The summed E-state index contributed by atoms with van der Waals surface area (Å²) in [6.07, 6.45) is 3.37. The van der Waals surface area contributed by atoms with Gasteiger partial charge in [-0.1, -0.05) is 77.9 Å². The van der Waals surface area contributed by atoms with Crippen LogP contribution in [0, 0.1) is 0 Å². The second-order valence-electron chi connectivity index (χ2n) is 11.3. The van der Waals surface area contributed by atoms with Crippen LogP contribution in [0.1, 0.15) is 63.8 Å². The summed E-state index contributed by atoms with van der Waals surface area (Å²) in [6, 6.07) is 23.3. The Kier molecular flexibility index (Phi) is 8.45. The maximum absolute atomic E-state index is 10.4. The second-order valence-corrected chi connectivity index (χ2v) is 11.3. The number of hydrogen-bond donors (Lipinski definition) is 2. The van der Waals surface area contributed by atoms with Crippen LogP contribution >= 0.6 is 0 Å². The maximum Gasteiger partial charge on any atom is 0.124 e. The van der Waals surface area contributed by atoms with Gasteiger partial charge in [0.1, 0.15) is 11.5 Å². The van der Waals surface area contributed by atoms with E-state index < -0.39 is 0 Å². The molecule has 0 saturated heterocycles. The zero-order chi connectivity index (χ0) is 26.1. The fourth-order valence-electron chi connectivity index (χ4n) is 3.95. The number of aromatic hydroxyl groups is 2. The molecule has 5 heteroatoms. The van der Waals surface area contributed by atoms with Crippen molar-refractivity contribution in [3.8, 4) is 11.5 Å². The Morgan fingerprint density at radius 1 is 0.568 bits per heavy atom. The Morgan fingerprint density at radius 3 is 1.30 bits per heavy atom. The summed E-state index contributed by atoms with van der Waals surface area (Å²) in [7, 11) is 0. The summed E-state index contributed by atoms with van der Waals surface area (Å²) < 4.78 is 0. The monoisotopic (exact) mass is 673 g/mol. The van der Waals surface area contributed by atoms with Crippen molar-refractivity contribution in [3.05, 3.63) is 95.1 Å². The summed E-state index contributed by atoms with van der Waals surface area (Å²) in [5, 5.41) is 23.0. The zero-order valence-electron chi connectivity index (χ0n) is 22.2. The number of hydrogen-bond acceptors (Lipinski definition) is 4. The molecule has 0 aliphatic rings. The molecule has 0 unspecified atom stereocenters. The molecule has 37 heavy (non-hydrogen) atoms. The van der Waals surface area contributed by atoms with Crippen molar-refractivity contribution in [1.29, 1.82) is 0 Å². The molecule has 2 N–H and O–H groups in total. The smallest absolute Gasteiger partial charge is 0.124 e. The van der Waals surface area contributed by atoms with Crippen molar-refractivity contribution in [1.82, 2.24) is 0 Å². The molecule has 0 radical (unpaired) electrons. The number of nitrogens with zero attached hydrogens (tertiary/aromatic N) is 2. The van der Waals surface area contributed by atoms with Gasteiger partial charge >= 0.3 is 0 Å². The van der Waals surface area contributed by atoms with Crippen molar-refractivity contribution in [2.24, 2.45) is 9.98 Å². The largest absolute Gasteiger partial charge is 0.507 e. The number of benzene rings is 4. The van der Waals surface area contributed by atoms with E-state index in [1.165, 1.54) is 0 Å². The molecule has 0 amide bonds. The van der Waals surface area contributed by atoms with Crippen LogP contribution in [0.3, 0.4) is 0 Å². The summed E-state index contributed by atoms with van der Waals surface area (Å²) >= 11 is 0. The molecule has 0 bridgehead atoms. The molecule has 0 fully saturated rings. The predicted octanol–water partition coefficient (Wildman–Crippen LogP) is 8.34. The molecule has 0 aliphatic heterocycles. The van der Waals surface area contributed by atoms with Crippen LogP contribution in [0.2, 0.25) is 0 Å². The van der Waals surface area contributed by atoms with Gasteiger partial charge in [-0.05, 0) is 69.1 Å². The van der Waals surface area contributed by atoms with Gasteiger partial charge in [-0.25, -0.2) is 0 Å². The Bertz CT molecular complexity index is 1360. The molecule has 0 saturated carbocycles. The van der Waals surface area contributed by atoms with E-state index in [2.05, 4.69) is 41.5 Å².